The van der Waals surface area contributed by atoms with E-state index in [0.717, 1.165) is 30.1 Å². The molecule has 0 aromatic rings. The van der Waals surface area contributed by atoms with Crippen molar-refractivity contribution in [2.45, 2.75) is 119 Å². The Balaban J connectivity index is 1.51. The van der Waals surface area contributed by atoms with E-state index in [1.165, 1.54) is 64.2 Å². The quantitative estimate of drug-likeness (QED) is 0.425. The number of rotatable bonds is 1. The van der Waals surface area contributed by atoms with E-state index in [4.69, 9.17) is 0 Å². The molecular weight excluding hydrogens is 364 g/mol. The second kappa shape index (κ2) is 6.38. The van der Waals surface area contributed by atoms with Crippen molar-refractivity contribution < 1.29 is 4.79 Å². The largest absolute Gasteiger partial charge is 0.300 e. The lowest BCUT2D eigenvalue weighted by Crippen LogP contribution is -2.64. The maximum atomic E-state index is 12.5. The van der Waals surface area contributed by atoms with Crippen LogP contribution in [0.1, 0.15) is 119 Å². The molecule has 9 atom stereocenters. The fourth-order valence-electron chi connectivity index (χ4n) is 11.7. The van der Waals surface area contributed by atoms with Crippen LogP contribution in [0.25, 0.3) is 0 Å². The number of hydrogen-bond donors (Lipinski definition) is 0. The Kier molecular flexibility index (Phi) is 4.57. The molecule has 5 fully saturated rings. The van der Waals surface area contributed by atoms with Gasteiger partial charge in [-0.1, -0.05) is 48.0 Å². The summed E-state index contributed by atoms with van der Waals surface area (Å²) in [6.45, 7) is 17.7. The Bertz CT molecular complexity index is 737. The lowest BCUT2D eigenvalue weighted by atomic mass is 9.33. The molecule has 0 N–H and O–H groups in total. The van der Waals surface area contributed by atoms with Crippen LogP contribution in [-0.2, 0) is 4.79 Å². The van der Waals surface area contributed by atoms with Gasteiger partial charge in [0.1, 0.15) is 5.78 Å². The highest BCUT2D eigenvalue weighted by molar-refractivity contribution is 5.79. The van der Waals surface area contributed by atoms with Crippen LogP contribution >= 0.6 is 0 Å². The molecule has 0 saturated heterocycles. The zero-order chi connectivity index (χ0) is 21.7. The molecule has 1 nitrogen and oxygen atoms in total. The van der Waals surface area contributed by atoms with Crippen molar-refractivity contribution in [3.63, 3.8) is 0 Å². The third-order valence-corrected chi connectivity index (χ3v) is 13.3. The Morgan fingerprint density at radius 1 is 0.633 bits per heavy atom. The summed E-state index contributed by atoms with van der Waals surface area (Å²) in [5.74, 6) is 4.32. The first kappa shape index (κ1) is 21.5. The van der Waals surface area contributed by atoms with Gasteiger partial charge in [-0.15, -0.1) is 0 Å². The number of carbonyl (C=O) groups is 1. The maximum absolute atomic E-state index is 12.5. The molecule has 5 rings (SSSR count). The molecule has 0 amide bonds. The molecular formula is C29H48O. The number of hydrogen-bond acceptors (Lipinski definition) is 1. The zero-order valence-electron chi connectivity index (χ0n) is 21.1. The third kappa shape index (κ3) is 2.45. The minimum atomic E-state index is 0.265. The SMILES string of the molecule is CC(=O)C1CCC2C1(C)CCC1(C)C3CCC4C(C)(C)CCCC4(C)C3CCC21C. The number of fused-ring (bicyclic) bond motifs is 7. The smallest absolute Gasteiger partial charge is 0.133 e. The molecule has 0 spiro atoms. The van der Waals surface area contributed by atoms with Crippen molar-refractivity contribution in [2.24, 2.45) is 56.7 Å². The van der Waals surface area contributed by atoms with Gasteiger partial charge in [-0.3, -0.25) is 4.79 Å². The van der Waals surface area contributed by atoms with E-state index in [1.807, 2.05) is 6.92 Å². The summed E-state index contributed by atoms with van der Waals surface area (Å²) in [6, 6.07) is 0. The van der Waals surface area contributed by atoms with Crippen LogP contribution in [0.15, 0.2) is 0 Å². The Morgan fingerprint density at radius 2 is 1.33 bits per heavy atom. The molecule has 9 unspecified atom stereocenters. The van der Waals surface area contributed by atoms with Crippen LogP contribution in [0.5, 0.6) is 0 Å². The minimum absolute atomic E-state index is 0.265. The van der Waals surface area contributed by atoms with Gasteiger partial charge in [0.2, 0.25) is 0 Å². The second-order valence-corrected chi connectivity index (χ2v) is 14.4. The van der Waals surface area contributed by atoms with Crippen molar-refractivity contribution >= 4 is 5.78 Å². The molecule has 5 saturated carbocycles. The van der Waals surface area contributed by atoms with Crippen LogP contribution < -0.4 is 0 Å². The molecule has 5 aliphatic rings. The lowest BCUT2D eigenvalue weighted by molar-refractivity contribution is -0.225. The average Bonchev–Trinajstić information content (AvgIpc) is 3.01. The van der Waals surface area contributed by atoms with Gasteiger partial charge >= 0.3 is 0 Å². The van der Waals surface area contributed by atoms with Crippen LogP contribution in [0.3, 0.4) is 0 Å². The van der Waals surface area contributed by atoms with Crippen LogP contribution in [0.4, 0.5) is 0 Å². The van der Waals surface area contributed by atoms with E-state index in [-0.39, 0.29) is 5.41 Å². The molecule has 0 aromatic carbocycles. The fraction of sp³-hybridized carbons (Fsp3) is 0.966. The monoisotopic (exact) mass is 412 g/mol. The first-order valence-electron chi connectivity index (χ1n) is 13.4. The van der Waals surface area contributed by atoms with Crippen molar-refractivity contribution in [3.8, 4) is 0 Å². The molecule has 0 radical (unpaired) electrons. The van der Waals surface area contributed by atoms with Gasteiger partial charge in [-0.05, 0) is 122 Å². The molecule has 5 aliphatic carbocycles. The highest BCUT2D eigenvalue weighted by atomic mass is 16.1. The molecule has 0 aromatic heterocycles. The van der Waals surface area contributed by atoms with Gasteiger partial charge in [0, 0.05) is 5.92 Å². The number of ketones is 1. The van der Waals surface area contributed by atoms with Crippen molar-refractivity contribution in [1.82, 2.24) is 0 Å². The van der Waals surface area contributed by atoms with E-state index in [2.05, 4.69) is 41.5 Å². The summed E-state index contributed by atoms with van der Waals surface area (Å²) in [6.07, 6.45) is 15.3. The molecule has 0 heterocycles. The summed E-state index contributed by atoms with van der Waals surface area (Å²) in [5, 5.41) is 0. The lowest BCUT2D eigenvalue weighted by Gasteiger charge is -2.71. The highest BCUT2D eigenvalue weighted by Crippen LogP contribution is 2.77. The molecule has 0 aliphatic heterocycles. The summed E-state index contributed by atoms with van der Waals surface area (Å²) < 4.78 is 0. The Morgan fingerprint density at radius 3 is 2.03 bits per heavy atom. The van der Waals surface area contributed by atoms with Gasteiger partial charge in [0.25, 0.3) is 0 Å². The Labute approximate surface area is 186 Å². The molecule has 170 valence electrons. The summed E-state index contributed by atoms with van der Waals surface area (Å²) in [7, 11) is 0. The van der Waals surface area contributed by atoms with Crippen molar-refractivity contribution in [1.29, 1.82) is 0 Å². The molecule has 0 bridgehead atoms. The molecule has 30 heavy (non-hydrogen) atoms. The van der Waals surface area contributed by atoms with Gasteiger partial charge in [0.05, 0.1) is 0 Å². The van der Waals surface area contributed by atoms with E-state index >= 15 is 0 Å². The van der Waals surface area contributed by atoms with E-state index in [9.17, 15) is 4.79 Å². The van der Waals surface area contributed by atoms with Gasteiger partial charge in [0.15, 0.2) is 0 Å². The maximum Gasteiger partial charge on any atom is 0.133 e. The fourth-order valence-corrected chi connectivity index (χ4v) is 11.7. The predicted molar refractivity (Wildman–Crippen MR) is 125 cm³/mol. The minimum Gasteiger partial charge on any atom is -0.300 e. The highest BCUT2D eigenvalue weighted by Gasteiger charge is 2.69. The van der Waals surface area contributed by atoms with Gasteiger partial charge in [-0.25, -0.2) is 0 Å². The summed E-state index contributed by atoms with van der Waals surface area (Å²) in [4.78, 5) is 12.5. The van der Waals surface area contributed by atoms with Crippen LogP contribution in [-0.4, -0.2) is 5.78 Å². The first-order valence-corrected chi connectivity index (χ1v) is 13.4. The normalized spacial score (nSPS) is 57.0. The predicted octanol–water partition coefficient (Wildman–Crippen LogP) is 8.07. The summed E-state index contributed by atoms with van der Waals surface area (Å²) in [5.41, 5.74) is 2.26. The Hall–Kier alpha value is -0.330. The summed E-state index contributed by atoms with van der Waals surface area (Å²) >= 11 is 0. The van der Waals surface area contributed by atoms with E-state index in [1.54, 1.807) is 0 Å². The standard InChI is InChI=1S/C29H48O/c1-19(30)20-9-12-24-27(20,5)17-18-28(6)22-10-11-23-25(2,3)14-8-15-26(23,4)21(22)13-16-29(24,28)7/h20-24H,8-18H2,1-7H3. The van der Waals surface area contributed by atoms with E-state index < -0.39 is 0 Å². The first-order chi connectivity index (χ1) is 13.9. The van der Waals surface area contributed by atoms with Crippen LogP contribution in [0, 0.1) is 56.7 Å². The van der Waals surface area contributed by atoms with E-state index in [0.29, 0.717) is 33.4 Å². The average molecular weight is 413 g/mol. The number of Topliss-reactive ketones (excluding diaryl/α,β-unsaturated/α-hetero) is 1. The van der Waals surface area contributed by atoms with Gasteiger partial charge in [-0.2, -0.15) is 0 Å². The third-order valence-electron chi connectivity index (χ3n) is 13.3. The van der Waals surface area contributed by atoms with Crippen molar-refractivity contribution in [3.05, 3.63) is 0 Å². The van der Waals surface area contributed by atoms with Crippen LogP contribution in [0.2, 0.25) is 0 Å². The number of carbonyl (C=O) groups excluding carboxylic acids is 1. The van der Waals surface area contributed by atoms with Gasteiger partial charge < -0.3 is 0 Å². The topological polar surface area (TPSA) is 17.1 Å². The van der Waals surface area contributed by atoms with Crippen molar-refractivity contribution in [2.75, 3.05) is 0 Å². The second-order valence-electron chi connectivity index (χ2n) is 14.4. The zero-order valence-corrected chi connectivity index (χ0v) is 21.1. The molecule has 1 heteroatoms.